The van der Waals surface area contributed by atoms with E-state index in [-0.39, 0.29) is 0 Å². The molecule has 0 unspecified atom stereocenters. The van der Waals surface area contributed by atoms with E-state index < -0.39 is 0 Å². The average Bonchev–Trinajstić information content (AvgIpc) is 2.93. The van der Waals surface area contributed by atoms with Crippen LogP contribution < -0.4 is 10.6 Å². The number of anilines is 2. The second-order valence-electron chi connectivity index (χ2n) is 4.83. The van der Waals surface area contributed by atoms with Gasteiger partial charge in [0, 0.05) is 12.4 Å². The predicted octanol–water partition coefficient (Wildman–Crippen LogP) is 3.59. The van der Waals surface area contributed by atoms with Gasteiger partial charge in [-0.3, -0.25) is 0 Å². The fourth-order valence-corrected chi connectivity index (χ4v) is 3.69. The molecule has 0 aliphatic rings. The van der Waals surface area contributed by atoms with Crippen molar-refractivity contribution >= 4 is 44.3 Å². The summed E-state index contributed by atoms with van der Waals surface area (Å²) in [6, 6.07) is 4.07. The highest BCUT2D eigenvalue weighted by atomic mass is 32.1. The Bertz CT molecular complexity index is 760. The van der Waals surface area contributed by atoms with E-state index in [1.54, 1.807) is 22.7 Å². The van der Waals surface area contributed by atoms with Crippen LogP contribution in [0.2, 0.25) is 0 Å². The molecule has 3 rings (SSSR count). The maximum absolute atomic E-state index is 6.18. The lowest BCUT2D eigenvalue weighted by Gasteiger charge is -2.20. The van der Waals surface area contributed by atoms with Crippen molar-refractivity contribution in [2.24, 2.45) is 0 Å². The number of fused-ring (bicyclic) bond motifs is 1. The molecule has 0 bridgehead atoms. The number of nitrogens with zero attached hydrogens (tertiary/aromatic N) is 3. The second-order valence-corrected chi connectivity index (χ2v) is 7.12. The minimum Gasteiger partial charge on any atom is -0.397 e. The standard InChI is InChI=1S/C14H16N4S2/c1-8-16-10(7-19-8)6-18(3)13-5-12-14(4-11(13)15)20-9(2)17-12/h4-5,7H,6,15H2,1-3H3. The number of nitrogen functional groups attached to an aromatic ring is 1. The van der Waals surface area contributed by atoms with Crippen molar-refractivity contribution in [2.75, 3.05) is 17.7 Å². The van der Waals surface area contributed by atoms with E-state index in [4.69, 9.17) is 5.73 Å². The van der Waals surface area contributed by atoms with Gasteiger partial charge in [0.1, 0.15) is 0 Å². The number of benzene rings is 1. The molecule has 1 aromatic carbocycles. The van der Waals surface area contributed by atoms with E-state index >= 15 is 0 Å². The molecule has 0 radical (unpaired) electrons. The van der Waals surface area contributed by atoms with Gasteiger partial charge in [-0.05, 0) is 26.0 Å². The Morgan fingerprint density at radius 3 is 2.70 bits per heavy atom. The van der Waals surface area contributed by atoms with Crippen LogP contribution in [-0.4, -0.2) is 17.0 Å². The maximum Gasteiger partial charge on any atom is 0.0907 e. The number of nitrogens with two attached hydrogens (primary N) is 1. The van der Waals surface area contributed by atoms with E-state index in [0.29, 0.717) is 0 Å². The Morgan fingerprint density at radius 2 is 2.00 bits per heavy atom. The molecule has 0 aliphatic carbocycles. The van der Waals surface area contributed by atoms with Crippen LogP contribution in [0.4, 0.5) is 11.4 Å². The van der Waals surface area contributed by atoms with E-state index in [1.807, 2.05) is 27.0 Å². The molecule has 2 N–H and O–H groups in total. The second kappa shape index (κ2) is 5.03. The van der Waals surface area contributed by atoms with Crippen molar-refractivity contribution in [3.05, 3.63) is 33.2 Å². The van der Waals surface area contributed by atoms with Crippen LogP contribution in [0.15, 0.2) is 17.5 Å². The number of rotatable bonds is 3. The zero-order chi connectivity index (χ0) is 14.3. The van der Waals surface area contributed by atoms with Gasteiger partial charge in [-0.25, -0.2) is 9.97 Å². The normalized spacial score (nSPS) is 11.2. The third kappa shape index (κ3) is 2.48. The molecule has 3 aromatic rings. The molecule has 104 valence electrons. The van der Waals surface area contributed by atoms with E-state index in [1.165, 1.54) is 0 Å². The van der Waals surface area contributed by atoms with Crippen LogP contribution >= 0.6 is 22.7 Å². The molecule has 0 spiro atoms. The first-order chi connectivity index (χ1) is 9.52. The molecule has 0 saturated carbocycles. The number of thiazole rings is 2. The number of aromatic nitrogens is 2. The zero-order valence-corrected chi connectivity index (χ0v) is 13.3. The molecule has 6 heteroatoms. The van der Waals surface area contributed by atoms with Crippen LogP contribution in [0.5, 0.6) is 0 Å². The van der Waals surface area contributed by atoms with Crippen molar-refractivity contribution in [3.63, 3.8) is 0 Å². The number of hydrogen-bond donors (Lipinski definition) is 1. The summed E-state index contributed by atoms with van der Waals surface area (Å²) in [7, 11) is 2.03. The molecule has 2 aromatic heterocycles. The lowest BCUT2D eigenvalue weighted by Crippen LogP contribution is -2.18. The Kier molecular flexibility index (Phi) is 3.35. The molecule has 0 aliphatic heterocycles. The molecule has 0 fully saturated rings. The molecular weight excluding hydrogens is 288 g/mol. The van der Waals surface area contributed by atoms with Gasteiger partial charge in [0.25, 0.3) is 0 Å². The van der Waals surface area contributed by atoms with Gasteiger partial charge < -0.3 is 10.6 Å². The Hall–Kier alpha value is -1.66. The van der Waals surface area contributed by atoms with Crippen LogP contribution in [0, 0.1) is 13.8 Å². The van der Waals surface area contributed by atoms with Crippen molar-refractivity contribution in [2.45, 2.75) is 20.4 Å². The van der Waals surface area contributed by atoms with Gasteiger partial charge >= 0.3 is 0 Å². The predicted molar refractivity (Wildman–Crippen MR) is 87.7 cm³/mol. The first-order valence-electron chi connectivity index (χ1n) is 6.32. The highest BCUT2D eigenvalue weighted by Crippen LogP contribution is 2.32. The Morgan fingerprint density at radius 1 is 1.20 bits per heavy atom. The summed E-state index contributed by atoms with van der Waals surface area (Å²) in [6.07, 6.45) is 0. The zero-order valence-electron chi connectivity index (χ0n) is 11.7. The summed E-state index contributed by atoms with van der Waals surface area (Å²) in [5, 5.41) is 4.24. The Balaban J connectivity index is 1.93. The molecule has 2 heterocycles. The van der Waals surface area contributed by atoms with Gasteiger partial charge in [-0.2, -0.15) is 0 Å². The molecule has 0 atom stereocenters. The first-order valence-corrected chi connectivity index (χ1v) is 8.01. The molecule has 20 heavy (non-hydrogen) atoms. The van der Waals surface area contributed by atoms with Crippen LogP contribution in [0.1, 0.15) is 15.7 Å². The minimum atomic E-state index is 0.753. The van der Waals surface area contributed by atoms with E-state index in [0.717, 1.165) is 43.8 Å². The van der Waals surface area contributed by atoms with Crippen molar-refractivity contribution in [3.8, 4) is 0 Å². The van der Waals surface area contributed by atoms with Gasteiger partial charge in [-0.15, -0.1) is 22.7 Å². The van der Waals surface area contributed by atoms with Gasteiger partial charge in [0.05, 0.1) is 43.8 Å². The third-order valence-corrected chi connectivity index (χ3v) is 4.88. The van der Waals surface area contributed by atoms with E-state index in [9.17, 15) is 0 Å². The highest BCUT2D eigenvalue weighted by molar-refractivity contribution is 7.18. The SMILES string of the molecule is Cc1nc(CN(C)c2cc3nc(C)sc3cc2N)cs1. The van der Waals surface area contributed by atoms with Crippen LogP contribution in [0.25, 0.3) is 10.2 Å². The monoisotopic (exact) mass is 304 g/mol. The maximum atomic E-state index is 6.18. The highest BCUT2D eigenvalue weighted by Gasteiger charge is 2.11. The molecular formula is C14H16N4S2. The van der Waals surface area contributed by atoms with Crippen molar-refractivity contribution in [1.82, 2.24) is 9.97 Å². The number of hydrogen-bond acceptors (Lipinski definition) is 6. The van der Waals surface area contributed by atoms with Gasteiger partial charge in [0.15, 0.2) is 0 Å². The van der Waals surface area contributed by atoms with Crippen LogP contribution in [0.3, 0.4) is 0 Å². The smallest absolute Gasteiger partial charge is 0.0907 e. The average molecular weight is 304 g/mol. The van der Waals surface area contributed by atoms with Crippen molar-refractivity contribution < 1.29 is 0 Å². The van der Waals surface area contributed by atoms with Crippen molar-refractivity contribution in [1.29, 1.82) is 0 Å². The molecule has 4 nitrogen and oxygen atoms in total. The first kappa shape index (κ1) is 13.3. The fraction of sp³-hybridized carbons (Fsp3) is 0.286. The summed E-state index contributed by atoms with van der Waals surface area (Å²) < 4.78 is 1.14. The quantitative estimate of drug-likeness (QED) is 0.751. The third-order valence-electron chi connectivity index (χ3n) is 3.12. The summed E-state index contributed by atoms with van der Waals surface area (Å²) >= 11 is 3.35. The largest absolute Gasteiger partial charge is 0.397 e. The Labute approximate surface area is 125 Å². The molecule has 0 saturated heterocycles. The lowest BCUT2D eigenvalue weighted by molar-refractivity contribution is 0.892. The number of aryl methyl sites for hydroxylation is 2. The topological polar surface area (TPSA) is 55.0 Å². The summed E-state index contributed by atoms with van der Waals surface area (Å²) in [5.74, 6) is 0. The summed E-state index contributed by atoms with van der Waals surface area (Å²) in [4.78, 5) is 11.1. The molecule has 0 amide bonds. The van der Waals surface area contributed by atoms with Crippen LogP contribution in [-0.2, 0) is 6.54 Å². The van der Waals surface area contributed by atoms with E-state index in [2.05, 4.69) is 26.3 Å². The lowest BCUT2D eigenvalue weighted by atomic mass is 10.2. The summed E-state index contributed by atoms with van der Waals surface area (Å²) in [6.45, 7) is 4.79. The fourth-order valence-electron chi connectivity index (χ4n) is 2.23. The minimum absolute atomic E-state index is 0.753. The van der Waals surface area contributed by atoms with Gasteiger partial charge in [-0.1, -0.05) is 0 Å². The van der Waals surface area contributed by atoms with Gasteiger partial charge in [0.2, 0.25) is 0 Å². The summed E-state index contributed by atoms with van der Waals surface area (Å²) in [5.41, 5.74) is 10.1.